The highest BCUT2D eigenvalue weighted by Crippen LogP contribution is 2.14. The summed E-state index contributed by atoms with van der Waals surface area (Å²) in [7, 11) is 0. The predicted octanol–water partition coefficient (Wildman–Crippen LogP) is 4.23. The highest BCUT2D eigenvalue weighted by atomic mass is 35.5. The number of hydrogen-bond donors (Lipinski definition) is 1. The van der Waals surface area contributed by atoms with Gasteiger partial charge in [0, 0.05) is 19.6 Å². The first-order chi connectivity index (χ1) is 12.8. The Morgan fingerprint density at radius 3 is 2.25 bits per heavy atom. The summed E-state index contributed by atoms with van der Waals surface area (Å²) in [5.74, 6) is 0.918. The summed E-state index contributed by atoms with van der Waals surface area (Å²) >= 11 is 0. The lowest BCUT2D eigenvalue weighted by Gasteiger charge is -2.26. The van der Waals surface area contributed by atoms with Crippen LogP contribution in [0.1, 0.15) is 23.1 Å². The molecule has 1 N–H and O–H groups in total. The number of morpholine rings is 1. The third-order valence-electron chi connectivity index (χ3n) is 4.71. The summed E-state index contributed by atoms with van der Waals surface area (Å²) in [6.07, 6.45) is 1.18. The Hall–Kier alpha value is -1.30. The molecule has 2 aromatic rings. The van der Waals surface area contributed by atoms with Crippen LogP contribution in [-0.2, 0) is 17.9 Å². The molecule has 1 fully saturated rings. The number of hydrogen-bond acceptors (Lipinski definition) is 4. The summed E-state index contributed by atoms with van der Waals surface area (Å²) in [5, 5.41) is 3.53. The largest absolute Gasteiger partial charge is 0.489 e. The fourth-order valence-corrected chi connectivity index (χ4v) is 3.04. The predicted molar refractivity (Wildman–Crippen MR) is 120 cm³/mol. The number of aryl methyl sites for hydroxylation is 1. The van der Waals surface area contributed by atoms with Gasteiger partial charge in [0.2, 0.25) is 0 Å². The Balaban J connectivity index is 0.00000196. The number of nitrogens with one attached hydrogen (secondary N) is 1. The zero-order chi connectivity index (χ0) is 18.0. The maximum Gasteiger partial charge on any atom is 0.119 e. The van der Waals surface area contributed by atoms with Gasteiger partial charge in [-0.05, 0) is 49.7 Å². The average molecular weight is 427 g/mol. The quantitative estimate of drug-likeness (QED) is 0.608. The van der Waals surface area contributed by atoms with Gasteiger partial charge in [-0.15, -0.1) is 24.8 Å². The molecule has 0 saturated carbocycles. The van der Waals surface area contributed by atoms with Gasteiger partial charge in [-0.2, -0.15) is 0 Å². The Bertz CT molecular complexity index is 645. The van der Waals surface area contributed by atoms with Gasteiger partial charge in [-0.3, -0.25) is 4.90 Å². The average Bonchev–Trinajstić information content (AvgIpc) is 2.69. The monoisotopic (exact) mass is 426 g/mol. The molecule has 6 heteroatoms. The SMILES string of the molecule is Cc1ccc(COc2ccc(CNCCCN3CCOCC3)cc2)cc1.Cl.Cl. The number of halogens is 2. The smallest absolute Gasteiger partial charge is 0.119 e. The summed E-state index contributed by atoms with van der Waals surface area (Å²) in [6.45, 7) is 9.72. The molecular weight excluding hydrogens is 395 g/mol. The van der Waals surface area contributed by atoms with Crippen molar-refractivity contribution in [2.24, 2.45) is 0 Å². The summed E-state index contributed by atoms with van der Waals surface area (Å²) in [5.41, 5.74) is 3.76. The van der Waals surface area contributed by atoms with E-state index in [4.69, 9.17) is 9.47 Å². The van der Waals surface area contributed by atoms with Crippen LogP contribution in [0.5, 0.6) is 5.75 Å². The van der Waals surface area contributed by atoms with Gasteiger partial charge >= 0.3 is 0 Å². The van der Waals surface area contributed by atoms with Crippen molar-refractivity contribution in [2.45, 2.75) is 26.5 Å². The van der Waals surface area contributed by atoms with Gasteiger partial charge in [0.25, 0.3) is 0 Å². The van der Waals surface area contributed by atoms with Crippen LogP contribution >= 0.6 is 24.8 Å². The second-order valence-electron chi connectivity index (χ2n) is 6.90. The Morgan fingerprint density at radius 1 is 0.929 bits per heavy atom. The van der Waals surface area contributed by atoms with E-state index in [1.165, 1.54) is 23.1 Å². The first-order valence-electron chi connectivity index (χ1n) is 9.58. The van der Waals surface area contributed by atoms with Crippen LogP contribution in [0.25, 0.3) is 0 Å². The van der Waals surface area contributed by atoms with E-state index < -0.39 is 0 Å². The summed E-state index contributed by atoms with van der Waals surface area (Å²) in [4.78, 5) is 2.48. The van der Waals surface area contributed by atoms with E-state index in [2.05, 4.69) is 65.7 Å². The van der Waals surface area contributed by atoms with Gasteiger partial charge < -0.3 is 14.8 Å². The molecule has 1 saturated heterocycles. The Labute approximate surface area is 181 Å². The zero-order valence-electron chi connectivity index (χ0n) is 16.6. The van der Waals surface area contributed by atoms with Crippen LogP contribution in [-0.4, -0.2) is 44.3 Å². The van der Waals surface area contributed by atoms with Gasteiger partial charge in [0.05, 0.1) is 13.2 Å². The van der Waals surface area contributed by atoms with Crippen LogP contribution in [0, 0.1) is 6.92 Å². The third-order valence-corrected chi connectivity index (χ3v) is 4.71. The van der Waals surface area contributed by atoms with Crippen molar-refractivity contribution in [1.29, 1.82) is 0 Å². The molecule has 1 heterocycles. The van der Waals surface area contributed by atoms with E-state index in [9.17, 15) is 0 Å². The van der Waals surface area contributed by atoms with Crippen molar-refractivity contribution in [1.82, 2.24) is 10.2 Å². The number of rotatable bonds is 9. The first-order valence-corrected chi connectivity index (χ1v) is 9.58. The van der Waals surface area contributed by atoms with Crippen LogP contribution in [0.3, 0.4) is 0 Å². The van der Waals surface area contributed by atoms with Crippen molar-refractivity contribution in [3.63, 3.8) is 0 Å². The lowest BCUT2D eigenvalue weighted by Crippen LogP contribution is -2.37. The molecule has 0 amide bonds. The minimum atomic E-state index is 0. The van der Waals surface area contributed by atoms with Crippen LogP contribution in [0.15, 0.2) is 48.5 Å². The minimum absolute atomic E-state index is 0. The molecule has 3 rings (SSSR count). The van der Waals surface area contributed by atoms with E-state index in [0.717, 1.165) is 51.7 Å². The van der Waals surface area contributed by atoms with E-state index in [-0.39, 0.29) is 24.8 Å². The van der Waals surface area contributed by atoms with E-state index in [1.807, 2.05) is 0 Å². The maximum atomic E-state index is 5.86. The molecule has 2 aromatic carbocycles. The molecule has 156 valence electrons. The molecule has 0 radical (unpaired) electrons. The lowest BCUT2D eigenvalue weighted by molar-refractivity contribution is 0.0374. The minimum Gasteiger partial charge on any atom is -0.489 e. The Morgan fingerprint density at radius 2 is 1.57 bits per heavy atom. The highest BCUT2D eigenvalue weighted by Gasteiger charge is 2.08. The topological polar surface area (TPSA) is 33.7 Å². The van der Waals surface area contributed by atoms with Gasteiger partial charge in [-0.25, -0.2) is 0 Å². The molecule has 1 aliphatic rings. The summed E-state index contributed by atoms with van der Waals surface area (Å²) in [6, 6.07) is 16.9. The number of benzene rings is 2. The number of nitrogens with zero attached hydrogens (tertiary/aromatic N) is 1. The van der Waals surface area contributed by atoms with Crippen molar-refractivity contribution in [3.8, 4) is 5.75 Å². The van der Waals surface area contributed by atoms with E-state index in [0.29, 0.717) is 6.61 Å². The third kappa shape index (κ3) is 8.80. The normalized spacial score (nSPS) is 14.0. The second-order valence-corrected chi connectivity index (χ2v) is 6.90. The fraction of sp³-hybridized carbons (Fsp3) is 0.455. The van der Waals surface area contributed by atoms with Crippen LogP contribution < -0.4 is 10.1 Å². The Kier molecular flexibility index (Phi) is 12.2. The number of ether oxygens (including phenoxy) is 2. The van der Waals surface area contributed by atoms with E-state index in [1.54, 1.807) is 0 Å². The van der Waals surface area contributed by atoms with Gasteiger partial charge in [0.15, 0.2) is 0 Å². The van der Waals surface area contributed by atoms with Crippen molar-refractivity contribution >= 4 is 24.8 Å². The van der Waals surface area contributed by atoms with E-state index >= 15 is 0 Å². The molecule has 0 unspecified atom stereocenters. The molecule has 28 heavy (non-hydrogen) atoms. The lowest BCUT2D eigenvalue weighted by atomic mass is 10.2. The fourth-order valence-electron chi connectivity index (χ4n) is 3.04. The summed E-state index contributed by atoms with van der Waals surface area (Å²) < 4.78 is 11.2. The van der Waals surface area contributed by atoms with Crippen molar-refractivity contribution in [2.75, 3.05) is 39.4 Å². The molecule has 0 aromatic heterocycles. The highest BCUT2D eigenvalue weighted by molar-refractivity contribution is 5.85. The standard InChI is InChI=1S/C22H30N2O2.2ClH/c1-19-3-5-21(6-4-19)18-26-22-9-7-20(8-10-22)17-23-11-2-12-24-13-15-25-16-14-24;;/h3-10,23H,2,11-18H2,1H3;2*1H. The van der Waals surface area contributed by atoms with Crippen LogP contribution in [0.4, 0.5) is 0 Å². The zero-order valence-corrected chi connectivity index (χ0v) is 18.2. The molecular formula is C22H32Cl2N2O2. The maximum absolute atomic E-state index is 5.86. The second kappa shape index (κ2) is 13.8. The molecule has 0 atom stereocenters. The molecule has 0 bridgehead atoms. The molecule has 4 nitrogen and oxygen atoms in total. The van der Waals surface area contributed by atoms with Crippen LogP contribution in [0.2, 0.25) is 0 Å². The molecule has 1 aliphatic heterocycles. The van der Waals surface area contributed by atoms with Crippen molar-refractivity contribution in [3.05, 3.63) is 65.2 Å². The first kappa shape index (κ1) is 24.7. The van der Waals surface area contributed by atoms with Crippen molar-refractivity contribution < 1.29 is 9.47 Å². The molecule has 0 aliphatic carbocycles. The van der Waals surface area contributed by atoms with Gasteiger partial charge in [-0.1, -0.05) is 42.0 Å². The van der Waals surface area contributed by atoms with Gasteiger partial charge in [0.1, 0.15) is 12.4 Å². The molecule has 0 spiro atoms.